The molecular weight excluding hydrogens is 213 g/mol. The van der Waals surface area contributed by atoms with E-state index in [2.05, 4.69) is 21.1 Å². The lowest BCUT2D eigenvalue weighted by Gasteiger charge is -2.23. The number of nitrogens with zero attached hydrogens (tertiary/aromatic N) is 1. The maximum Gasteiger partial charge on any atom is 0.430 e. The highest BCUT2D eigenvalue weighted by atomic mass is 19.4. The highest BCUT2D eigenvalue weighted by molar-refractivity contribution is 5.70. The van der Waals surface area contributed by atoms with E-state index in [0.29, 0.717) is 0 Å². The number of rotatable bonds is 3. The number of alkyl halides is 3. The summed E-state index contributed by atoms with van der Waals surface area (Å²) in [6.45, 7) is 1.99. The Morgan fingerprint density at radius 2 is 1.67 bits per heavy atom. The molecule has 0 bridgehead atoms. The van der Waals surface area contributed by atoms with Crippen molar-refractivity contribution in [2.75, 3.05) is 34.2 Å². The molecule has 92 valence electrons. The molecule has 0 amide bonds. The molecule has 0 rings (SSSR count). The van der Waals surface area contributed by atoms with Crippen molar-refractivity contribution in [3.05, 3.63) is 0 Å². The second-order valence-corrected chi connectivity index (χ2v) is 3.94. The number of carbonyl (C=O) groups excluding carboxylic acids is 1. The fourth-order valence-electron chi connectivity index (χ4n) is 0.566. The molecular formula is C8H17F3N2O2. The van der Waals surface area contributed by atoms with Crippen molar-refractivity contribution in [1.29, 1.82) is 0 Å². The molecule has 15 heavy (non-hydrogen) atoms. The van der Waals surface area contributed by atoms with Crippen LogP contribution in [0.5, 0.6) is 0 Å². The summed E-state index contributed by atoms with van der Waals surface area (Å²) in [6, 6.07) is 0. The van der Waals surface area contributed by atoms with E-state index in [1.807, 2.05) is 0 Å². The summed E-state index contributed by atoms with van der Waals surface area (Å²) in [5, 5.41) is 8.78. The number of quaternary nitrogens is 1. The zero-order valence-electron chi connectivity index (χ0n) is 9.10. The predicted octanol–water partition coefficient (Wildman–Crippen LogP) is -0.660. The van der Waals surface area contributed by atoms with Crippen LogP contribution in [0.3, 0.4) is 0 Å². The largest absolute Gasteiger partial charge is 0.542 e. The van der Waals surface area contributed by atoms with E-state index in [0.717, 1.165) is 17.4 Å². The Hall–Kier alpha value is -0.820. The van der Waals surface area contributed by atoms with Crippen LogP contribution in [0.25, 0.3) is 0 Å². The molecule has 0 aromatic carbocycles. The molecule has 0 atom stereocenters. The third kappa shape index (κ3) is 15.9. The van der Waals surface area contributed by atoms with E-state index in [4.69, 9.17) is 15.6 Å². The minimum Gasteiger partial charge on any atom is -0.542 e. The average molecular weight is 230 g/mol. The van der Waals surface area contributed by atoms with Gasteiger partial charge in [0.25, 0.3) is 0 Å². The maximum absolute atomic E-state index is 10.5. The van der Waals surface area contributed by atoms with E-state index in [9.17, 15) is 13.2 Å². The number of nitrogens with two attached hydrogens (primary N) is 1. The smallest absolute Gasteiger partial charge is 0.430 e. The Labute approximate surface area is 87.1 Å². The van der Waals surface area contributed by atoms with Crippen molar-refractivity contribution >= 4 is 5.97 Å². The first kappa shape index (κ1) is 16.6. The fourth-order valence-corrected chi connectivity index (χ4v) is 0.566. The minimum atomic E-state index is -5.19. The lowest BCUT2D eigenvalue weighted by molar-refractivity contribution is -0.870. The van der Waals surface area contributed by atoms with Crippen LogP contribution in [0.1, 0.15) is 6.42 Å². The summed E-state index contributed by atoms with van der Waals surface area (Å²) in [7, 11) is 6.53. The summed E-state index contributed by atoms with van der Waals surface area (Å²) >= 11 is 0. The Bertz CT molecular complexity index is 187. The molecule has 0 unspecified atom stereocenters. The number of hydrogen-bond donors (Lipinski definition) is 1. The van der Waals surface area contributed by atoms with Crippen LogP contribution in [-0.4, -0.2) is 50.9 Å². The molecule has 0 saturated carbocycles. The zero-order chi connectivity index (χ0) is 12.7. The molecule has 0 aliphatic rings. The van der Waals surface area contributed by atoms with Gasteiger partial charge in [0.1, 0.15) is 5.97 Å². The number of carbonyl (C=O) groups is 1. The number of carboxylic acids is 1. The third-order valence-corrected chi connectivity index (χ3v) is 1.26. The van der Waals surface area contributed by atoms with Crippen molar-refractivity contribution in [2.24, 2.45) is 5.73 Å². The Kier molecular flexibility index (Phi) is 7.33. The number of halogens is 3. The topological polar surface area (TPSA) is 66.2 Å². The fraction of sp³-hybridized carbons (Fsp3) is 0.875. The molecule has 2 N–H and O–H groups in total. The van der Waals surface area contributed by atoms with Gasteiger partial charge in [0.05, 0.1) is 27.7 Å². The first-order valence-electron chi connectivity index (χ1n) is 4.29. The normalized spacial score (nSPS) is 11.7. The van der Waals surface area contributed by atoms with Gasteiger partial charge < -0.3 is 20.1 Å². The zero-order valence-corrected chi connectivity index (χ0v) is 9.10. The molecule has 0 aliphatic carbocycles. The number of aliphatic carboxylic acids is 1. The van der Waals surface area contributed by atoms with E-state index < -0.39 is 12.1 Å². The molecule has 0 radical (unpaired) electrons. The first-order chi connectivity index (χ1) is 6.50. The van der Waals surface area contributed by atoms with Gasteiger partial charge in [0.15, 0.2) is 0 Å². The molecule has 0 aromatic heterocycles. The highest BCUT2D eigenvalue weighted by Gasteiger charge is 2.28. The highest BCUT2D eigenvalue weighted by Crippen LogP contribution is 2.11. The summed E-state index contributed by atoms with van der Waals surface area (Å²) < 4.78 is 32.6. The SMILES string of the molecule is C[N+](C)(C)CCCN.O=C([O-])C(F)(F)F. The van der Waals surface area contributed by atoms with Crippen molar-refractivity contribution < 1.29 is 27.6 Å². The summed E-state index contributed by atoms with van der Waals surface area (Å²) in [5.74, 6) is -3.01. The van der Waals surface area contributed by atoms with Crippen LogP contribution in [0, 0.1) is 0 Å². The molecule has 7 heteroatoms. The van der Waals surface area contributed by atoms with Gasteiger partial charge in [-0.1, -0.05) is 0 Å². The van der Waals surface area contributed by atoms with Gasteiger partial charge >= 0.3 is 6.18 Å². The molecule has 0 saturated heterocycles. The van der Waals surface area contributed by atoms with Crippen LogP contribution in [0.4, 0.5) is 13.2 Å². The quantitative estimate of drug-likeness (QED) is 0.654. The van der Waals surface area contributed by atoms with Gasteiger partial charge in [0.2, 0.25) is 0 Å². The summed E-state index contributed by atoms with van der Waals surface area (Å²) in [5.41, 5.74) is 5.33. The van der Waals surface area contributed by atoms with Crippen molar-refractivity contribution in [3.8, 4) is 0 Å². The molecule has 0 spiro atoms. The van der Waals surface area contributed by atoms with Crippen molar-refractivity contribution in [1.82, 2.24) is 0 Å². The van der Waals surface area contributed by atoms with E-state index in [1.165, 1.54) is 6.54 Å². The molecule has 0 fully saturated rings. The number of hydrogen-bond acceptors (Lipinski definition) is 3. The van der Waals surface area contributed by atoms with Crippen LogP contribution in [0.2, 0.25) is 0 Å². The van der Waals surface area contributed by atoms with Gasteiger partial charge in [-0.3, -0.25) is 0 Å². The van der Waals surface area contributed by atoms with E-state index >= 15 is 0 Å². The van der Waals surface area contributed by atoms with E-state index in [1.54, 1.807) is 0 Å². The van der Waals surface area contributed by atoms with Gasteiger partial charge in [-0.05, 0) is 6.54 Å². The molecule has 0 aliphatic heterocycles. The standard InChI is InChI=1S/C6H17N2.C2HF3O2/c1-8(2,3)6-4-5-7;3-2(4,5)1(6)7/h4-7H2,1-3H3;(H,6,7)/q+1;/p-1. The van der Waals surface area contributed by atoms with Crippen LogP contribution < -0.4 is 10.8 Å². The lowest BCUT2D eigenvalue weighted by atomic mass is 10.4. The second kappa shape index (κ2) is 6.62. The Balaban J connectivity index is 0. The van der Waals surface area contributed by atoms with Crippen molar-refractivity contribution in [3.63, 3.8) is 0 Å². The Morgan fingerprint density at radius 3 is 1.73 bits per heavy atom. The summed E-state index contributed by atoms with van der Waals surface area (Å²) in [6.07, 6.45) is -4.07. The Morgan fingerprint density at radius 1 is 1.33 bits per heavy atom. The number of carboxylic acid groups (broad SMARTS) is 1. The molecule has 0 heterocycles. The van der Waals surface area contributed by atoms with Crippen LogP contribution >= 0.6 is 0 Å². The van der Waals surface area contributed by atoms with Crippen LogP contribution in [0.15, 0.2) is 0 Å². The minimum absolute atomic E-state index is 0.815. The van der Waals surface area contributed by atoms with Gasteiger partial charge in [0, 0.05) is 6.42 Å². The van der Waals surface area contributed by atoms with Crippen LogP contribution in [-0.2, 0) is 4.79 Å². The second-order valence-electron chi connectivity index (χ2n) is 3.94. The lowest BCUT2D eigenvalue weighted by Crippen LogP contribution is -2.37. The third-order valence-electron chi connectivity index (χ3n) is 1.26. The van der Waals surface area contributed by atoms with E-state index in [-0.39, 0.29) is 0 Å². The van der Waals surface area contributed by atoms with Gasteiger partial charge in [-0.25, -0.2) is 0 Å². The average Bonchev–Trinajstić information content (AvgIpc) is 1.98. The van der Waals surface area contributed by atoms with Crippen molar-refractivity contribution in [2.45, 2.75) is 12.6 Å². The summed E-state index contributed by atoms with van der Waals surface area (Å²) in [4.78, 5) is 8.78. The molecule has 4 nitrogen and oxygen atoms in total. The van der Waals surface area contributed by atoms with Gasteiger partial charge in [-0.15, -0.1) is 0 Å². The molecule has 0 aromatic rings. The first-order valence-corrected chi connectivity index (χ1v) is 4.29. The monoisotopic (exact) mass is 230 g/mol. The van der Waals surface area contributed by atoms with Gasteiger partial charge in [-0.2, -0.15) is 13.2 Å². The predicted molar refractivity (Wildman–Crippen MR) is 47.6 cm³/mol. The maximum atomic E-state index is 10.5.